The fourth-order valence-corrected chi connectivity index (χ4v) is 11.3. The summed E-state index contributed by atoms with van der Waals surface area (Å²) >= 11 is 1.90. The van der Waals surface area contributed by atoms with Crippen molar-refractivity contribution in [3.63, 3.8) is 0 Å². The summed E-state index contributed by atoms with van der Waals surface area (Å²) in [6.07, 6.45) is 0. The molecule has 10 aromatic carbocycles. The Balaban J connectivity index is 1.10. The van der Waals surface area contributed by atoms with Crippen molar-refractivity contribution in [1.29, 1.82) is 0 Å². The van der Waals surface area contributed by atoms with E-state index >= 15 is 0 Å². The van der Waals surface area contributed by atoms with Crippen LogP contribution in [0.15, 0.2) is 249 Å². The molecule has 1 heterocycles. The Bertz CT molecular complexity index is 3360. The maximum absolute atomic E-state index is 2.53. The molecule has 2 heteroatoms. The zero-order valence-corrected chi connectivity index (χ0v) is 35.3. The van der Waals surface area contributed by atoms with Crippen molar-refractivity contribution in [2.45, 2.75) is 5.41 Å². The number of thiophene rings is 1. The number of rotatable bonds is 8. The molecule has 0 saturated carbocycles. The van der Waals surface area contributed by atoms with Crippen LogP contribution in [-0.2, 0) is 5.41 Å². The minimum absolute atomic E-state index is 0.602. The van der Waals surface area contributed by atoms with Gasteiger partial charge in [-0.15, -0.1) is 11.3 Å². The van der Waals surface area contributed by atoms with Crippen LogP contribution in [-0.4, -0.2) is 0 Å². The molecular weight excluding hydrogens is 779 g/mol. The van der Waals surface area contributed by atoms with Crippen LogP contribution in [0.1, 0.15) is 22.3 Å². The second kappa shape index (κ2) is 15.3. The predicted octanol–water partition coefficient (Wildman–Crippen LogP) is 16.9. The molecule has 0 fully saturated rings. The van der Waals surface area contributed by atoms with Gasteiger partial charge in [-0.2, -0.15) is 0 Å². The highest BCUT2D eigenvalue weighted by atomic mass is 32.1. The van der Waals surface area contributed by atoms with Crippen LogP contribution in [0.5, 0.6) is 0 Å². The molecule has 0 radical (unpaired) electrons. The maximum atomic E-state index is 2.53. The third-order valence-electron chi connectivity index (χ3n) is 12.9. The van der Waals surface area contributed by atoms with Gasteiger partial charge in [0.25, 0.3) is 0 Å². The Kier molecular flexibility index (Phi) is 8.98. The summed E-state index contributed by atoms with van der Waals surface area (Å²) in [5.74, 6) is 0. The second-order valence-electron chi connectivity index (χ2n) is 16.4. The molecule has 1 aliphatic rings. The van der Waals surface area contributed by atoms with E-state index in [1.165, 1.54) is 86.9 Å². The number of fused-ring (bicyclic) bond motifs is 6. The van der Waals surface area contributed by atoms with E-state index in [-0.39, 0.29) is 0 Å². The number of hydrogen-bond acceptors (Lipinski definition) is 2. The number of hydrogen-bond donors (Lipinski definition) is 0. The Labute approximate surface area is 372 Å². The van der Waals surface area contributed by atoms with E-state index in [0.717, 1.165) is 17.1 Å². The molecule has 12 rings (SSSR count). The van der Waals surface area contributed by atoms with Gasteiger partial charge in [0, 0.05) is 37.2 Å². The van der Waals surface area contributed by atoms with Crippen molar-refractivity contribution in [3.05, 3.63) is 271 Å². The monoisotopic (exact) mass is 819 g/mol. The highest BCUT2D eigenvalue weighted by Crippen LogP contribution is 2.61. The highest BCUT2D eigenvalue weighted by Gasteiger charge is 2.48. The first-order chi connectivity index (χ1) is 31.3. The fraction of sp³-hybridized carbons (Fsp3) is 0.0164. The first-order valence-corrected chi connectivity index (χ1v) is 22.5. The van der Waals surface area contributed by atoms with Crippen molar-refractivity contribution in [3.8, 4) is 44.5 Å². The van der Waals surface area contributed by atoms with E-state index in [1.54, 1.807) is 0 Å². The number of anilines is 3. The first kappa shape index (κ1) is 37.0. The summed E-state index contributed by atoms with van der Waals surface area (Å²) in [6.45, 7) is 0. The fourth-order valence-electron chi connectivity index (χ4n) is 10.2. The van der Waals surface area contributed by atoms with E-state index in [1.807, 2.05) is 11.3 Å². The van der Waals surface area contributed by atoms with Gasteiger partial charge < -0.3 is 4.90 Å². The topological polar surface area (TPSA) is 3.24 Å². The predicted molar refractivity (Wildman–Crippen MR) is 268 cm³/mol. The quantitative estimate of drug-likeness (QED) is 0.148. The lowest BCUT2D eigenvalue weighted by molar-refractivity contribution is 0.770. The molecule has 0 amide bonds. The van der Waals surface area contributed by atoms with Crippen LogP contribution in [0.2, 0.25) is 0 Å². The molecule has 1 aromatic heterocycles. The maximum Gasteiger partial charge on any atom is 0.0715 e. The van der Waals surface area contributed by atoms with Crippen LogP contribution in [0.3, 0.4) is 0 Å². The van der Waals surface area contributed by atoms with Gasteiger partial charge in [-0.1, -0.05) is 200 Å². The number of benzene rings is 10. The molecule has 0 aliphatic heterocycles. The summed E-state index contributed by atoms with van der Waals surface area (Å²) in [7, 11) is 0. The van der Waals surface area contributed by atoms with E-state index in [2.05, 4.69) is 254 Å². The Hall–Kier alpha value is -7.78. The van der Waals surface area contributed by atoms with Gasteiger partial charge in [0.1, 0.15) is 0 Å². The molecule has 0 atom stereocenters. The van der Waals surface area contributed by atoms with Gasteiger partial charge in [-0.05, 0) is 115 Å². The van der Waals surface area contributed by atoms with Gasteiger partial charge in [-0.25, -0.2) is 0 Å². The van der Waals surface area contributed by atoms with Gasteiger partial charge in [-0.3, -0.25) is 0 Å². The molecular formula is C61H41NS. The average Bonchev–Trinajstić information content (AvgIpc) is 3.88. The lowest BCUT2D eigenvalue weighted by Crippen LogP contribution is -2.28. The minimum Gasteiger partial charge on any atom is -0.310 e. The van der Waals surface area contributed by atoms with Gasteiger partial charge in [0.2, 0.25) is 0 Å². The first-order valence-electron chi connectivity index (χ1n) is 21.7. The molecule has 1 aliphatic carbocycles. The smallest absolute Gasteiger partial charge is 0.0715 e. The van der Waals surface area contributed by atoms with Crippen LogP contribution < -0.4 is 4.90 Å². The van der Waals surface area contributed by atoms with E-state index in [0.29, 0.717) is 0 Å². The summed E-state index contributed by atoms with van der Waals surface area (Å²) < 4.78 is 2.61. The lowest BCUT2D eigenvalue weighted by Gasteiger charge is -2.35. The molecule has 0 bridgehead atoms. The third kappa shape index (κ3) is 6.06. The number of para-hydroxylation sites is 1. The summed E-state index contributed by atoms with van der Waals surface area (Å²) in [6, 6.07) is 91.5. The van der Waals surface area contributed by atoms with Crippen molar-refractivity contribution in [1.82, 2.24) is 0 Å². The molecule has 0 N–H and O–H groups in total. The lowest BCUT2D eigenvalue weighted by atomic mass is 9.67. The molecule has 0 saturated heterocycles. The second-order valence-corrected chi connectivity index (χ2v) is 17.5. The van der Waals surface area contributed by atoms with Gasteiger partial charge >= 0.3 is 0 Å². The summed E-state index contributed by atoms with van der Waals surface area (Å²) in [5.41, 5.74) is 17.7. The van der Waals surface area contributed by atoms with Crippen molar-refractivity contribution in [2.75, 3.05) is 4.90 Å². The molecule has 11 aromatic rings. The van der Waals surface area contributed by atoms with Crippen LogP contribution in [0, 0.1) is 0 Å². The number of nitrogens with zero attached hydrogens (tertiary/aromatic N) is 1. The standard InChI is InChI=1S/C61H41NS/c1-6-18-42(19-7-1)43-30-32-44(33-31-43)45-34-36-50(37-35-45)62(49-26-14-5-15-27-49)51-38-39-52-54(40-51)61(47-22-10-3-11-23-47,48-24-12-4-13-25-48)55-41-57-60(53-28-16-17-29-56(53)63-57)58(59(52)55)46-20-8-2-9-21-46/h1-41H. The van der Waals surface area contributed by atoms with E-state index in [4.69, 9.17) is 0 Å². The summed E-state index contributed by atoms with van der Waals surface area (Å²) in [5, 5.41) is 2.63. The van der Waals surface area contributed by atoms with Gasteiger partial charge in [0.15, 0.2) is 0 Å². The third-order valence-corrected chi connectivity index (χ3v) is 14.1. The molecule has 0 spiro atoms. The minimum atomic E-state index is -0.602. The van der Waals surface area contributed by atoms with Crippen molar-refractivity contribution < 1.29 is 0 Å². The Morgan fingerprint density at radius 1 is 0.317 bits per heavy atom. The van der Waals surface area contributed by atoms with Crippen molar-refractivity contribution in [2.24, 2.45) is 0 Å². The molecule has 1 nitrogen and oxygen atoms in total. The van der Waals surface area contributed by atoms with Crippen molar-refractivity contribution >= 4 is 48.6 Å². The Morgan fingerprint density at radius 2 is 0.778 bits per heavy atom. The normalized spacial score (nSPS) is 12.6. The Morgan fingerprint density at radius 3 is 1.38 bits per heavy atom. The van der Waals surface area contributed by atoms with Crippen LogP contribution >= 0.6 is 11.3 Å². The van der Waals surface area contributed by atoms with Gasteiger partial charge in [0.05, 0.1) is 5.41 Å². The van der Waals surface area contributed by atoms with Crippen LogP contribution in [0.4, 0.5) is 17.1 Å². The summed E-state index contributed by atoms with van der Waals surface area (Å²) in [4.78, 5) is 2.41. The van der Waals surface area contributed by atoms with Crippen LogP contribution in [0.25, 0.3) is 64.7 Å². The molecule has 296 valence electrons. The SMILES string of the molecule is c1ccc(-c2ccc(-c3ccc(N(c4ccccc4)c4ccc5c(c4)C(c4ccccc4)(c4ccccc4)c4cc6sc7ccccc7c6c(-c6ccccc6)c4-5)cc3)cc2)cc1. The average molecular weight is 820 g/mol. The largest absolute Gasteiger partial charge is 0.310 e. The zero-order valence-electron chi connectivity index (χ0n) is 34.5. The van der Waals surface area contributed by atoms with E-state index < -0.39 is 5.41 Å². The molecule has 0 unspecified atom stereocenters. The van der Waals surface area contributed by atoms with E-state index in [9.17, 15) is 0 Å². The zero-order chi connectivity index (χ0) is 41.7. The molecule has 63 heavy (non-hydrogen) atoms. The highest BCUT2D eigenvalue weighted by molar-refractivity contribution is 7.26.